The van der Waals surface area contributed by atoms with Crippen molar-refractivity contribution in [1.29, 1.82) is 0 Å². The van der Waals surface area contributed by atoms with Crippen molar-refractivity contribution < 1.29 is 0 Å². The maximum atomic E-state index is 4.19. The molecule has 1 N–H and O–H groups in total. The molecule has 0 bridgehead atoms. The average molecular weight is 177 g/mol. The molecule has 1 aromatic heterocycles. The molecule has 0 unspecified atom stereocenters. The Balaban J connectivity index is 2.09. The van der Waals surface area contributed by atoms with Gasteiger partial charge in [0.1, 0.15) is 12.1 Å². The fourth-order valence-electron chi connectivity index (χ4n) is 1.51. The lowest BCUT2D eigenvalue weighted by atomic mass is 10.2. The Morgan fingerprint density at radius 1 is 1.46 bits per heavy atom. The topological polar surface area (TPSA) is 37.8 Å². The number of anilines is 1. The van der Waals surface area contributed by atoms with Gasteiger partial charge in [-0.05, 0) is 26.2 Å². The first kappa shape index (κ1) is 8.48. The van der Waals surface area contributed by atoms with Crippen molar-refractivity contribution in [3.63, 3.8) is 0 Å². The van der Waals surface area contributed by atoms with Crippen LogP contribution in [0.1, 0.15) is 31.9 Å². The molecule has 1 fully saturated rings. The van der Waals surface area contributed by atoms with Gasteiger partial charge >= 0.3 is 0 Å². The average Bonchev–Trinajstić information content (AvgIpc) is 2.86. The Morgan fingerprint density at radius 3 is 2.77 bits per heavy atom. The summed E-state index contributed by atoms with van der Waals surface area (Å²) >= 11 is 0. The molecule has 13 heavy (non-hydrogen) atoms. The third kappa shape index (κ3) is 1.79. The standard InChI is InChI=1S/C10H15N3/c1-3-10(4-5-10)13-9-6-8(2)11-7-12-9/h6-7H,3-5H2,1-2H3,(H,11,12,13). The van der Waals surface area contributed by atoms with Crippen LogP contribution in [0, 0.1) is 6.92 Å². The monoisotopic (exact) mass is 177 g/mol. The zero-order valence-corrected chi connectivity index (χ0v) is 8.17. The number of rotatable bonds is 3. The van der Waals surface area contributed by atoms with E-state index >= 15 is 0 Å². The second kappa shape index (κ2) is 2.98. The molecule has 2 rings (SSSR count). The number of aromatic nitrogens is 2. The fraction of sp³-hybridized carbons (Fsp3) is 0.600. The van der Waals surface area contributed by atoms with Gasteiger partial charge in [-0.1, -0.05) is 6.92 Å². The number of hydrogen-bond acceptors (Lipinski definition) is 3. The number of nitrogens with zero attached hydrogens (tertiary/aromatic N) is 2. The van der Waals surface area contributed by atoms with Crippen LogP contribution in [-0.2, 0) is 0 Å². The zero-order valence-electron chi connectivity index (χ0n) is 8.17. The maximum Gasteiger partial charge on any atom is 0.130 e. The summed E-state index contributed by atoms with van der Waals surface area (Å²) in [7, 11) is 0. The Hall–Kier alpha value is -1.12. The highest BCUT2D eigenvalue weighted by atomic mass is 15.1. The first-order chi connectivity index (χ1) is 6.24. The van der Waals surface area contributed by atoms with Crippen LogP contribution < -0.4 is 5.32 Å². The van der Waals surface area contributed by atoms with Gasteiger partial charge in [0.05, 0.1) is 0 Å². The molecule has 0 saturated heterocycles. The summed E-state index contributed by atoms with van der Waals surface area (Å²) in [6.45, 7) is 4.20. The maximum absolute atomic E-state index is 4.19. The number of nitrogens with one attached hydrogen (secondary N) is 1. The fourth-order valence-corrected chi connectivity index (χ4v) is 1.51. The molecular formula is C10H15N3. The molecule has 0 spiro atoms. The van der Waals surface area contributed by atoms with E-state index in [1.807, 2.05) is 13.0 Å². The largest absolute Gasteiger partial charge is 0.365 e. The van der Waals surface area contributed by atoms with E-state index in [1.54, 1.807) is 6.33 Å². The SMILES string of the molecule is CCC1(Nc2cc(C)ncn2)CC1. The van der Waals surface area contributed by atoms with E-state index < -0.39 is 0 Å². The van der Waals surface area contributed by atoms with Crippen LogP contribution in [-0.4, -0.2) is 15.5 Å². The van der Waals surface area contributed by atoms with Gasteiger partial charge in [0.2, 0.25) is 0 Å². The molecule has 0 amide bonds. The van der Waals surface area contributed by atoms with Crippen LogP contribution in [0.25, 0.3) is 0 Å². The third-order valence-corrected chi connectivity index (χ3v) is 2.73. The number of hydrogen-bond donors (Lipinski definition) is 1. The van der Waals surface area contributed by atoms with E-state index in [2.05, 4.69) is 22.2 Å². The molecule has 1 aliphatic rings. The van der Waals surface area contributed by atoms with E-state index in [4.69, 9.17) is 0 Å². The van der Waals surface area contributed by atoms with Gasteiger partial charge in [-0.25, -0.2) is 9.97 Å². The quantitative estimate of drug-likeness (QED) is 0.768. The summed E-state index contributed by atoms with van der Waals surface area (Å²) < 4.78 is 0. The molecule has 1 saturated carbocycles. The second-order valence-electron chi connectivity index (χ2n) is 3.80. The van der Waals surface area contributed by atoms with Crippen molar-refractivity contribution in [2.24, 2.45) is 0 Å². The third-order valence-electron chi connectivity index (χ3n) is 2.73. The van der Waals surface area contributed by atoms with Crippen molar-refractivity contribution in [2.45, 2.75) is 38.6 Å². The van der Waals surface area contributed by atoms with Crippen LogP contribution in [0.2, 0.25) is 0 Å². The highest BCUT2D eigenvalue weighted by Gasteiger charge is 2.40. The predicted molar refractivity (Wildman–Crippen MR) is 52.6 cm³/mol. The zero-order chi connectivity index (χ0) is 9.31. The first-order valence-electron chi connectivity index (χ1n) is 4.81. The molecule has 3 nitrogen and oxygen atoms in total. The van der Waals surface area contributed by atoms with Crippen LogP contribution >= 0.6 is 0 Å². The highest BCUT2D eigenvalue weighted by molar-refractivity contribution is 5.40. The highest BCUT2D eigenvalue weighted by Crippen LogP contribution is 2.41. The van der Waals surface area contributed by atoms with Gasteiger partial charge < -0.3 is 5.32 Å². The van der Waals surface area contributed by atoms with Gasteiger partial charge in [-0.15, -0.1) is 0 Å². The lowest BCUT2D eigenvalue weighted by molar-refractivity contribution is 0.697. The minimum absolute atomic E-state index is 0.348. The van der Waals surface area contributed by atoms with Gasteiger partial charge in [0.25, 0.3) is 0 Å². The molecule has 0 atom stereocenters. The molecule has 1 heterocycles. The van der Waals surface area contributed by atoms with Gasteiger partial charge in [-0.3, -0.25) is 0 Å². The number of aryl methyl sites for hydroxylation is 1. The Morgan fingerprint density at radius 2 is 2.23 bits per heavy atom. The van der Waals surface area contributed by atoms with Crippen LogP contribution in [0.3, 0.4) is 0 Å². The molecule has 3 heteroatoms. The Kier molecular flexibility index (Phi) is 1.94. The van der Waals surface area contributed by atoms with E-state index in [0.717, 1.165) is 11.5 Å². The molecule has 0 aliphatic heterocycles. The molecule has 70 valence electrons. The molecule has 1 aliphatic carbocycles. The van der Waals surface area contributed by atoms with Crippen molar-refractivity contribution in [3.8, 4) is 0 Å². The van der Waals surface area contributed by atoms with Gasteiger partial charge in [0.15, 0.2) is 0 Å². The summed E-state index contributed by atoms with van der Waals surface area (Å²) in [5.74, 6) is 0.965. The summed E-state index contributed by atoms with van der Waals surface area (Å²) in [5, 5.41) is 3.47. The van der Waals surface area contributed by atoms with Crippen molar-refractivity contribution >= 4 is 5.82 Å². The van der Waals surface area contributed by atoms with Crippen molar-refractivity contribution in [2.75, 3.05) is 5.32 Å². The Bertz CT molecular complexity index is 305. The minimum Gasteiger partial charge on any atom is -0.365 e. The normalized spacial score (nSPS) is 18.3. The van der Waals surface area contributed by atoms with E-state index in [9.17, 15) is 0 Å². The van der Waals surface area contributed by atoms with Crippen molar-refractivity contribution in [3.05, 3.63) is 18.1 Å². The summed E-state index contributed by atoms with van der Waals surface area (Å²) in [6.07, 6.45) is 5.33. The van der Waals surface area contributed by atoms with Crippen LogP contribution in [0.15, 0.2) is 12.4 Å². The van der Waals surface area contributed by atoms with E-state index in [0.29, 0.717) is 5.54 Å². The lowest BCUT2D eigenvalue weighted by Crippen LogP contribution is -2.20. The summed E-state index contributed by atoms with van der Waals surface area (Å²) in [5.41, 5.74) is 1.37. The smallest absolute Gasteiger partial charge is 0.130 e. The summed E-state index contributed by atoms with van der Waals surface area (Å²) in [6, 6.07) is 2.00. The van der Waals surface area contributed by atoms with E-state index in [1.165, 1.54) is 19.3 Å². The molecule has 1 aromatic rings. The lowest BCUT2D eigenvalue weighted by Gasteiger charge is -2.15. The minimum atomic E-state index is 0.348. The van der Waals surface area contributed by atoms with Crippen molar-refractivity contribution in [1.82, 2.24) is 9.97 Å². The van der Waals surface area contributed by atoms with Gasteiger partial charge in [0, 0.05) is 17.3 Å². The van der Waals surface area contributed by atoms with Crippen LogP contribution in [0.4, 0.5) is 5.82 Å². The van der Waals surface area contributed by atoms with Crippen LogP contribution in [0.5, 0.6) is 0 Å². The first-order valence-corrected chi connectivity index (χ1v) is 4.81. The summed E-state index contributed by atoms with van der Waals surface area (Å²) in [4.78, 5) is 8.26. The van der Waals surface area contributed by atoms with E-state index in [-0.39, 0.29) is 0 Å². The second-order valence-corrected chi connectivity index (χ2v) is 3.80. The van der Waals surface area contributed by atoms with Gasteiger partial charge in [-0.2, -0.15) is 0 Å². The molecular weight excluding hydrogens is 162 g/mol. The molecule has 0 radical (unpaired) electrons. The predicted octanol–water partition coefficient (Wildman–Crippen LogP) is 2.14. The Labute approximate surface area is 78.6 Å². The molecule has 0 aromatic carbocycles.